The third-order valence-electron chi connectivity index (χ3n) is 4.87. The van der Waals surface area contributed by atoms with Gasteiger partial charge in [0, 0.05) is 38.8 Å². The predicted octanol–water partition coefficient (Wildman–Crippen LogP) is 0.899. The fraction of sp³-hybridized carbons (Fsp3) is 0.588. The average molecular weight is 273 g/mol. The van der Waals surface area contributed by atoms with Gasteiger partial charge in [-0.3, -0.25) is 4.79 Å². The fourth-order valence-electron chi connectivity index (χ4n) is 3.66. The lowest BCUT2D eigenvalue weighted by molar-refractivity contribution is -0.914. The molecule has 1 N–H and O–H groups in total. The molecule has 1 aromatic carbocycles. The van der Waals surface area contributed by atoms with E-state index < -0.39 is 0 Å². The summed E-state index contributed by atoms with van der Waals surface area (Å²) in [5.41, 5.74) is 1.13. The molecule has 2 saturated heterocycles. The van der Waals surface area contributed by atoms with Crippen molar-refractivity contribution in [1.82, 2.24) is 4.90 Å². The number of amides is 1. The number of nitrogens with one attached hydrogen (secondary N) is 1. The number of carbonyl (C=O) groups is 1. The lowest BCUT2D eigenvalue weighted by Crippen LogP contribution is -3.14. The molecule has 0 aliphatic carbocycles. The molecule has 0 aromatic heterocycles. The number of piperidine rings is 1. The van der Waals surface area contributed by atoms with Crippen LogP contribution in [0.3, 0.4) is 0 Å². The van der Waals surface area contributed by atoms with Crippen LogP contribution in [0, 0.1) is 0 Å². The number of quaternary nitrogens is 1. The van der Waals surface area contributed by atoms with E-state index in [1.54, 1.807) is 4.90 Å². The second-order valence-electron chi connectivity index (χ2n) is 6.18. The minimum absolute atomic E-state index is 0.297. The summed E-state index contributed by atoms with van der Waals surface area (Å²) in [7, 11) is 0. The van der Waals surface area contributed by atoms with Gasteiger partial charge in [0.25, 0.3) is 0 Å². The fourth-order valence-corrected chi connectivity index (χ4v) is 3.66. The number of hydrogen-bond acceptors (Lipinski definition) is 1. The topological polar surface area (TPSA) is 24.8 Å². The molecule has 3 heteroatoms. The van der Waals surface area contributed by atoms with Gasteiger partial charge in [-0.25, -0.2) is 0 Å². The normalized spacial score (nSPS) is 21.3. The summed E-state index contributed by atoms with van der Waals surface area (Å²) in [5.74, 6) is 0.297. The zero-order chi connectivity index (χ0) is 13.8. The van der Waals surface area contributed by atoms with E-state index in [0.29, 0.717) is 12.3 Å². The summed E-state index contributed by atoms with van der Waals surface area (Å²) in [6.07, 6.45) is 5.72. The van der Waals surface area contributed by atoms with Crippen molar-refractivity contribution in [1.29, 1.82) is 0 Å². The molecule has 1 aromatic rings. The summed E-state index contributed by atoms with van der Waals surface area (Å²) in [6, 6.07) is 10.9. The van der Waals surface area contributed by atoms with Crippen molar-refractivity contribution >= 4 is 5.91 Å². The first-order chi connectivity index (χ1) is 9.83. The monoisotopic (exact) mass is 273 g/mol. The van der Waals surface area contributed by atoms with Crippen LogP contribution in [0.15, 0.2) is 30.3 Å². The molecule has 20 heavy (non-hydrogen) atoms. The summed E-state index contributed by atoms with van der Waals surface area (Å²) in [5, 5.41) is 0. The summed E-state index contributed by atoms with van der Waals surface area (Å²) < 4.78 is 0. The van der Waals surface area contributed by atoms with Crippen LogP contribution in [-0.2, 0) is 11.2 Å². The van der Waals surface area contributed by atoms with E-state index in [9.17, 15) is 4.79 Å². The van der Waals surface area contributed by atoms with Gasteiger partial charge in [-0.05, 0) is 5.56 Å². The number of carbonyl (C=O) groups excluding carboxylic acids is 1. The Morgan fingerprint density at radius 1 is 1.10 bits per heavy atom. The molecule has 0 radical (unpaired) electrons. The van der Waals surface area contributed by atoms with Gasteiger partial charge in [-0.1, -0.05) is 30.3 Å². The number of hydrogen-bond donors (Lipinski definition) is 1. The van der Waals surface area contributed by atoms with Gasteiger partial charge >= 0.3 is 0 Å². The highest BCUT2D eigenvalue weighted by molar-refractivity contribution is 5.78. The van der Waals surface area contributed by atoms with E-state index in [-0.39, 0.29) is 0 Å². The SMILES string of the molecule is O=C(Cc1ccccc1)N1CCC([NH+]2CCCC2)CC1. The molecular formula is C17H25N2O+. The smallest absolute Gasteiger partial charge is 0.226 e. The van der Waals surface area contributed by atoms with E-state index in [2.05, 4.69) is 4.90 Å². The van der Waals surface area contributed by atoms with Crippen LogP contribution in [0.5, 0.6) is 0 Å². The molecule has 0 atom stereocenters. The second-order valence-corrected chi connectivity index (χ2v) is 6.18. The lowest BCUT2D eigenvalue weighted by Gasteiger charge is -2.34. The Morgan fingerprint density at radius 2 is 1.75 bits per heavy atom. The average Bonchev–Trinajstić information content (AvgIpc) is 3.03. The van der Waals surface area contributed by atoms with Crippen molar-refractivity contribution in [3.8, 4) is 0 Å². The van der Waals surface area contributed by atoms with E-state index in [1.165, 1.54) is 38.8 Å². The van der Waals surface area contributed by atoms with E-state index >= 15 is 0 Å². The molecule has 2 heterocycles. The number of likely N-dealkylation sites (tertiary alicyclic amines) is 2. The molecule has 0 unspecified atom stereocenters. The minimum atomic E-state index is 0.297. The summed E-state index contributed by atoms with van der Waals surface area (Å²) >= 11 is 0. The van der Waals surface area contributed by atoms with Gasteiger partial charge in [0.1, 0.15) is 0 Å². The van der Waals surface area contributed by atoms with Crippen molar-refractivity contribution in [2.45, 2.75) is 38.1 Å². The molecular weight excluding hydrogens is 248 g/mol. The van der Waals surface area contributed by atoms with Crippen LogP contribution >= 0.6 is 0 Å². The van der Waals surface area contributed by atoms with Gasteiger partial charge in [-0.15, -0.1) is 0 Å². The Bertz CT molecular complexity index is 432. The van der Waals surface area contributed by atoms with Crippen LogP contribution in [0.1, 0.15) is 31.2 Å². The first kappa shape index (κ1) is 13.6. The van der Waals surface area contributed by atoms with Crippen molar-refractivity contribution < 1.29 is 9.69 Å². The number of benzene rings is 1. The molecule has 2 aliphatic heterocycles. The maximum atomic E-state index is 12.3. The van der Waals surface area contributed by atoms with Crippen LogP contribution in [0.25, 0.3) is 0 Å². The van der Waals surface area contributed by atoms with Gasteiger partial charge < -0.3 is 9.80 Å². The Labute approximate surface area is 121 Å². The lowest BCUT2D eigenvalue weighted by atomic mass is 10.0. The van der Waals surface area contributed by atoms with Crippen LogP contribution in [-0.4, -0.2) is 43.0 Å². The quantitative estimate of drug-likeness (QED) is 0.869. The molecule has 0 spiro atoms. The molecule has 2 aliphatic rings. The first-order valence-electron chi connectivity index (χ1n) is 7.99. The zero-order valence-corrected chi connectivity index (χ0v) is 12.2. The highest BCUT2D eigenvalue weighted by atomic mass is 16.2. The number of rotatable bonds is 3. The standard InChI is InChI=1S/C17H24N2O/c20-17(14-15-6-2-1-3-7-15)19-12-8-16(9-13-19)18-10-4-5-11-18/h1-3,6-7,16H,4-5,8-14H2/p+1. The summed E-state index contributed by atoms with van der Waals surface area (Å²) in [6.45, 7) is 4.62. The van der Waals surface area contributed by atoms with Crippen molar-refractivity contribution in [3.63, 3.8) is 0 Å². The Balaban J connectivity index is 1.49. The molecule has 108 valence electrons. The van der Waals surface area contributed by atoms with Crippen molar-refractivity contribution in [2.24, 2.45) is 0 Å². The van der Waals surface area contributed by atoms with Gasteiger partial charge in [0.2, 0.25) is 5.91 Å². The second kappa shape index (κ2) is 6.40. The molecule has 0 saturated carbocycles. The molecule has 2 fully saturated rings. The Kier molecular flexibility index (Phi) is 4.36. The molecule has 3 rings (SSSR count). The Hall–Kier alpha value is -1.35. The Morgan fingerprint density at radius 3 is 2.40 bits per heavy atom. The van der Waals surface area contributed by atoms with Gasteiger partial charge in [0.05, 0.1) is 25.6 Å². The minimum Gasteiger partial charge on any atom is -0.342 e. The van der Waals surface area contributed by atoms with E-state index in [1.807, 2.05) is 30.3 Å². The third-order valence-corrected chi connectivity index (χ3v) is 4.87. The highest BCUT2D eigenvalue weighted by Crippen LogP contribution is 2.12. The van der Waals surface area contributed by atoms with Crippen molar-refractivity contribution in [3.05, 3.63) is 35.9 Å². The number of nitrogens with zero attached hydrogens (tertiary/aromatic N) is 1. The zero-order valence-electron chi connectivity index (χ0n) is 12.2. The third kappa shape index (κ3) is 3.21. The van der Waals surface area contributed by atoms with E-state index in [4.69, 9.17) is 0 Å². The predicted molar refractivity (Wildman–Crippen MR) is 79.7 cm³/mol. The highest BCUT2D eigenvalue weighted by Gasteiger charge is 2.30. The van der Waals surface area contributed by atoms with Crippen molar-refractivity contribution in [2.75, 3.05) is 26.2 Å². The van der Waals surface area contributed by atoms with E-state index in [0.717, 1.165) is 24.7 Å². The molecule has 0 bridgehead atoms. The van der Waals surface area contributed by atoms with Gasteiger partial charge in [0.15, 0.2) is 0 Å². The summed E-state index contributed by atoms with van der Waals surface area (Å²) in [4.78, 5) is 16.2. The van der Waals surface area contributed by atoms with Crippen LogP contribution in [0.4, 0.5) is 0 Å². The van der Waals surface area contributed by atoms with Gasteiger partial charge in [-0.2, -0.15) is 0 Å². The van der Waals surface area contributed by atoms with Crippen LogP contribution in [0.2, 0.25) is 0 Å². The molecule has 3 nitrogen and oxygen atoms in total. The maximum Gasteiger partial charge on any atom is 0.226 e. The largest absolute Gasteiger partial charge is 0.342 e. The van der Waals surface area contributed by atoms with Crippen LogP contribution < -0.4 is 4.90 Å². The maximum absolute atomic E-state index is 12.3. The first-order valence-corrected chi connectivity index (χ1v) is 7.99. The molecule has 1 amide bonds.